The zero-order valence-electron chi connectivity index (χ0n) is 11.6. The Kier molecular flexibility index (Phi) is 4.74. The van der Waals surface area contributed by atoms with Crippen molar-refractivity contribution in [1.82, 2.24) is 10.2 Å². The third-order valence-electron chi connectivity index (χ3n) is 3.66. The third-order valence-corrected chi connectivity index (χ3v) is 3.66. The first-order chi connectivity index (χ1) is 9.65. The Bertz CT molecular complexity index is 502. The molecule has 5 nitrogen and oxygen atoms in total. The largest absolute Gasteiger partial charge is 0.396 e. The van der Waals surface area contributed by atoms with E-state index in [0.29, 0.717) is 24.2 Å². The number of carbonyl (C=O) groups is 2. The number of benzene rings is 1. The van der Waals surface area contributed by atoms with Crippen LogP contribution in [0.3, 0.4) is 0 Å². The van der Waals surface area contributed by atoms with Crippen LogP contribution < -0.4 is 5.32 Å². The number of nitrogens with one attached hydrogen (secondary N) is 1. The molecule has 1 aliphatic heterocycles. The first-order valence-corrected chi connectivity index (χ1v) is 6.88. The van der Waals surface area contributed by atoms with E-state index in [4.69, 9.17) is 0 Å². The molecule has 0 bridgehead atoms. The molecule has 1 saturated heterocycles. The number of hydrogen-bond acceptors (Lipinski definition) is 3. The fourth-order valence-electron chi connectivity index (χ4n) is 2.52. The van der Waals surface area contributed by atoms with Crippen molar-refractivity contribution in [2.75, 3.05) is 26.7 Å². The highest BCUT2D eigenvalue weighted by atomic mass is 16.3. The molecule has 1 fully saturated rings. The Morgan fingerprint density at radius 3 is 2.85 bits per heavy atom. The Hall–Kier alpha value is -1.88. The number of piperidine rings is 1. The molecule has 2 N–H and O–H groups in total. The molecule has 2 rings (SSSR count). The molecule has 5 heteroatoms. The number of carbonyl (C=O) groups excluding carboxylic acids is 2. The molecule has 0 saturated carbocycles. The van der Waals surface area contributed by atoms with Crippen LogP contribution in [0.15, 0.2) is 24.3 Å². The van der Waals surface area contributed by atoms with E-state index in [1.54, 1.807) is 36.2 Å². The summed E-state index contributed by atoms with van der Waals surface area (Å²) in [5.41, 5.74) is 0.999. The van der Waals surface area contributed by atoms with Gasteiger partial charge in [0.05, 0.1) is 0 Å². The fourth-order valence-corrected chi connectivity index (χ4v) is 2.52. The van der Waals surface area contributed by atoms with Crippen molar-refractivity contribution in [3.63, 3.8) is 0 Å². The zero-order valence-corrected chi connectivity index (χ0v) is 11.6. The summed E-state index contributed by atoms with van der Waals surface area (Å²) in [6, 6.07) is 6.73. The molecule has 108 valence electrons. The number of rotatable bonds is 3. The van der Waals surface area contributed by atoms with Crippen molar-refractivity contribution >= 4 is 11.8 Å². The average molecular weight is 276 g/mol. The Morgan fingerprint density at radius 1 is 1.40 bits per heavy atom. The normalized spacial score (nSPS) is 18.7. The van der Waals surface area contributed by atoms with Gasteiger partial charge in [0.1, 0.15) is 0 Å². The van der Waals surface area contributed by atoms with Crippen LogP contribution in [-0.4, -0.2) is 48.6 Å². The molecule has 20 heavy (non-hydrogen) atoms. The topological polar surface area (TPSA) is 69.6 Å². The number of amides is 2. The van der Waals surface area contributed by atoms with Gasteiger partial charge in [-0.25, -0.2) is 0 Å². The highest BCUT2D eigenvalue weighted by Gasteiger charge is 2.24. The molecule has 1 aliphatic rings. The van der Waals surface area contributed by atoms with Gasteiger partial charge in [0.25, 0.3) is 11.8 Å². The summed E-state index contributed by atoms with van der Waals surface area (Å²) < 4.78 is 0. The van der Waals surface area contributed by atoms with E-state index in [1.165, 1.54) is 0 Å². The maximum Gasteiger partial charge on any atom is 0.253 e. The van der Waals surface area contributed by atoms with Gasteiger partial charge in [-0.2, -0.15) is 0 Å². The minimum Gasteiger partial charge on any atom is -0.396 e. The molecular formula is C15H20N2O3. The Balaban J connectivity index is 2.14. The Morgan fingerprint density at radius 2 is 2.15 bits per heavy atom. The lowest BCUT2D eigenvalue weighted by Gasteiger charge is -2.32. The second-order valence-corrected chi connectivity index (χ2v) is 5.10. The first kappa shape index (κ1) is 14.5. The average Bonchev–Trinajstić information content (AvgIpc) is 2.53. The highest BCUT2D eigenvalue weighted by Crippen LogP contribution is 2.18. The second-order valence-electron chi connectivity index (χ2n) is 5.10. The van der Waals surface area contributed by atoms with E-state index in [-0.39, 0.29) is 24.3 Å². The maximum atomic E-state index is 12.4. The predicted molar refractivity (Wildman–Crippen MR) is 75.5 cm³/mol. The van der Waals surface area contributed by atoms with Crippen LogP contribution in [0.1, 0.15) is 33.6 Å². The number of hydrogen-bond donors (Lipinski definition) is 2. The van der Waals surface area contributed by atoms with Crippen molar-refractivity contribution in [2.45, 2.75) is 12.8 Å². The van der Waals surface area contributed by atoms with Crippen LogP contribution in [0.4, 0.5) is 0 Å². The van der Waals surface area contributed by atoms with E-state index in [0.717, 1.165) is 12.8 Å². The summed E-state index contributed by atoms with van der Waals surface area (Å²) in [6.07, 6.45) is 1.87. The highest BCUT2D eigenvalue weighted by molar-refractivity contribution is 5.99. The molecule has 1 aromatic carbocycles. The van der Waals surface area contributed by atoms with Crippen molar-refractivity contribution < 1.29 is 14.7 Å². The summed E-state index contributed by atoms with van der Waals surface area (Å²) >= 11 is 0. The lowest BCUT2D eigenvalue weighted by atomic mass is 9.98. The summed E-state index contributed by atoms with van der Waals surface area (Å²) in [7, 11) is 1.56. The molecule has 0 aromatic heterocycles. The smallest absolute Gasteiger partial charge is 0.253 e. The van der Waals surface area contributed by atoms with Crippen molar-refractivity contribution in [1.29, 1.82) is 0 Å². The lowest BCUT2D eigenvalue weighted by molar-refractivity contribution is 0.0620. The summed E-state index contributed by atoms with van der Waals surface area (Å²) in [6.45, 7) is 1.40. The van der Waals surface area contributed by atoms with Crippen LogP contribution in [0.5, 0.6) is 0 Å². The third kappa shape index (κ3) is 3.17. The van der Waals surface area contributed by atoms with Gasteiger partial charge in [-0.1, -0.05) is 6.07 Å². The minimum absolute atomic E-state index is 0.0751. The molecule has 1 heterocycles. The van der Waals surface area contributed by atoms with E-state index in [2.05, 4.69) is 5.32 Å². The number of aliphatic hydroxyl groups is 1. The van der Waals surface area contributed by atoms with Gasteiger partial charge in [-0.05, 0) is 37.0 Å². The summed E-state index contributed by atoms with van der Waals surface area (Å²) in [4.78, 5) is 25.8. The predicted octanol–water partition coefficient (Wildman–Crippen LogP) is 0.891. The molecule has 1 atom stereocenters. The zero-order chi connectivity index (χ0) is 14.5. The van der Waals surface area contributed by atoms with E-state index >= 15 is 0 Å². The molecule has 0 spiro atoms. The monoisotopic (exact) mass is 276 g/mol. The lowest BCUT2D eigenvalue weighted by Crippen LogP contribution is -2.41. The van der Waals surface area contributed by atoms with Crippen molar-refractivity contribution in [3.05, 3.63) is 35.4 Å². The molecule has 1 unspecified atom stereocenters. The molecule has 1 aromatic rings. The van der Waals surface area contributed by atoms with Crippen molar-refractivity contribution in [3.8, 4) is 0 Å². The standard InChI is InChI=1S/C15H20N2O3/c1-16-14(19)12-5-2-6-13(8-12)15(20)17-7-3-4-11(9-17)10-18/h2,5-6,8,11,18H,3-4,7,9-10H2,1H3,(H,16,19). The van der Waals surface area contributed by atoms with E-state index < -0.39 is 0 Å². The fraction of sp³-hybridized carbons (Fsp3) is 0.467. The molecular weight excluding hydrogens is 256 g/mol. The summed E-state index contributed by atoms with van der Waals surface area (Å²) in [5, 5.41) is 11.8. The Labute approximate surface area is 118 Å². The van der Waals surface area contributed by atoms with Crippen molar-refractivity contribution in [2.24, 2.45) is 5.92 Å². The van der Waals surface area contributed by atoms with Crippen LogP contribution >= 0.6 is 0 Å². The summed E-state index contributed by atoms with van der Waals surface area (Å²) in [5.74, 6) is -0.116. The van der Waals surface area contributed by atoms with Crippen LogP contribution in [0, 0.1) is 5.92 Å². The van der Waals surface area contributed by atoms with Gasteiger partial charge in [-0.3, -0.25) is 9.59 Å². The van der Waals surface area contributed by atoms with Gasteiger partial charge >= 0.3 is 0 Å². The van der Waals surface area contributed by atoms with Gasteiger partial charge < -0.3 is 15.3 Å². The quantitative estimate of drug-likeness (QED) is 0.861. The molecule has 0 aliphatic carbocycles. The molecule has 2 amide bonds. The number of likely N-dealkylation sites (tertiary alicyclic amines) is 1. The minimum atomic E-state index is -0.202. The second kappa shape index (κ2) is 6.52. The number of aliphatic hydroxyl groups excluding tert-OH is 1. The van der Waals surface area contributed by atoms with Crippen LogP contribution in [0.2, 0.25) is 0 Å². The van der Waals surface area contributed by atoms with E-state index in [9.17, 15) is 14.7 Å². The van der Waals surface area contributed by atoms with Crippen LogP contribution in [-0.2, 0) is 0 Å². The number of nitrogens with zero attached hydrogens (tertiary/aromatic N) is 1. The first-order valence-electron chi connectivity index (χ1n) is 6.88. The molecule has 0 radical (unpaired) electrons. The van der Waals surface area contributed by atoms with E-state index in [1.807, 2.05) is 0 Å². The van der Waals surface area contributed by atoms with Gasteiger partial charge in [0.15, 0.2) is 0 Å². The van der Waals surface area contributed by atoms with Gasteiger partial charge in [-0.15, -0.1) is 0 Å². The maximum absolute atomic E-state index is 12.4. The van der Waals surface area contributed by atoms with Crippen LogP contribution in [0.25, 0.3) is 0 Å². The SMILES string of the molecule is CNC(=O)c1cccc(C(=O)N2CCCC(CO)C2)c1. The van der Waals surface area contributed by atoms with Gasteiger partial charge in [0.2, 0.25) is 0 Å². The van der Waals surface area contributed by atoms with Gasteiger partial charge in [0, 0.05) is 37.9 Å².